The maximum Gasteiger partial charge on any atom is 0.339 e. The number of carbonyl (C=O) groups is 2. The number of nitrogens with one attached hydrogen (secondary N) is 1. The number of ether oxygens (including phenoxy) is 1. The molecular weight excluding hydrogens is 493 g/mol. The second-order valence-corrected chi connectivity index (χ2v) is 7.68. The molecule has 0 aliphatic heterocycles. The van der Waals surface area contributed by atoms with Crippen molar-refractivity contribution in [3.63, 3.8) is 0 Å². The largest absolute Gasteiger partial charge is 0.452 e. The Morgan fingerprint density at radius 3 is 2.47 bits per heavy atom. The van der Waals surface area contributed by atoms with Crippen LogP contribution in [0.15, 0.2) is 79.1 Å². The molecule has 0 bridgehead atoms. The van der Waals surface area contributed by atoms with Crippen LogP contribution in [0.3, 0.4) is 0 Å². The Hall–Kier alpha value is -3.33. The minimum atomic E-state index is -0.582. The Kier molecular flexibility index (Phi) is 5.99. The normalized spacial score (nSPS) is 10.6. The van der Waals surface area contributed by atoms with Gasteiger partial charge in [-0.1, -0.05) is 18.2 Å². The molecule has 0 fully saturated rings. The van der Waals surface area contributed by atoms with Gasteiger partial charge in [-0.15, -0.1) is 0 Å². The van der Waals surface area contributed by atoms with Crippen LogP contribution in [0.25, 0.3) is 22.2 Å². The molecular formula is C23H16IN3O3. The second kappa shape index (κ2) is 9.00. The molecule has 1 amide bonds. The number of para-hydroxylation sites is 1. The molecule has 0 aliphatic carbocycles. The molecule has 0 aliphatic rings. The monoisotopic (exact) mass is 509 g/mol. The van der Waals surface area contributed by atoms with Crippen LogP contribution in [0.1, 0.15) is 10.4 Å². The van der Waals surface area contributed by atoms with E-state index in [0.29, 0.717) is 27.8 Å². The summed E-state index contributed by atoms with van der Waals surface area (Å²) in [5.41, 5.74) is 3.13. The van der Waals surface area contributed by atoms with E-state index in [4.69, 9.17) is 4.74 Å². The highest BCUT2D eigenvalue weighted by molar-refractivity contribution is 14.1. The summed E-state index contributed by atoms with van der Waals surface area (Å²) in [6, 6.07) is 20.0. The van der Waals surface area contributed by atoms with Crippen LogP contribution in [0.4, 0.5) is 5.69 Å². The van der Waals surface area contributed by atoms with E-state index in [1.165, 1.54) is 0 Å². The third-order valence-corrected chi connectivity index (χ3v) is 5.09. The Labute approximate surface area is 186 Å². The first-order valence-electron chi connectivity index (χ1n) is 9.13. The van der Waals surface area contributed by atoms with Crippen molar-refractivity contribution >= 4 is 51.1 Å². The zero-order valence-electron chi connectivity index (χ0n) is 15.7. The molecule has 4 rings (SSSR count). The van der Waals surface area contributed by atoms with Crippen molar-refractivity contribution in [3.8, 4) is 11.3 Å². The molecule has 30 heavy (non-hydrogen) atoms. The number of nitrogens with zero attached hydrogens (tertiary/aromatic N) is 2. The van der Waals surface area contributed by atoms with E-state index in [1.807, 2.05) is 42.5 Å². The maximum absolute atomic E-state index is 12.8. The molecule has 6 nitrogen and oxygen atoms in total. The lowest BCUT2D eigenvalue weighted by atomic mass is 10.0. The summed E-state index contributed by atoms with van der Waals surface area (Å²) in [6.07, 6.45) is 3.33. The molecule has 7 heteroatoms. The Balaban J connectivity index is 1.55. The van der Waals surface area contributed by atoms with Crippen molar-refractivity contribution in [2.24, 2.45) is 0 Å². The van der Waals surface area contributed by atoms with Crippen molar-refractivity contribution in [1.82, 2.24) is 9.97 Å². The summed E-state index contributed by atoms with van der Waals surface area (Å²) in [5.74, 6) is -0.987. The molecule has 4 aromatic rings. The first-order chi connectivity index (χ1) is 14.6. The average Bonchev–Trinajstić information content (AvgIpc) is 2.79. The van der Waals surface area contributed by atoms with Gasteiger partial charge in [0.1, 0.15) is 0 Å². The van der Waals surface area contributed by atoms with E-state index in [1.54, 1.807) is 36.7 Å². The number of esters is 1. The van der Waals surface area contributed by atoms with Crippen LogP contribution in [-0.4, -0.2) is 28.5 Å². The van der Waals surface area contributed by atoms with E-state index < -0.39 is 11.9 Å². The van der Waals surface area contributed by atoms with Crippen LogP contribution in [0.2, 0.25) is 0 Å². The summed E-state index contributed by atoms with van der Waals surface area (Å²) in [4.78, 5) is 33.6. The number of amides is 1. The zero-order chi connectivity index (χ0) is 20.9. The third kappa shape index (κ3) is 4.62. The van der Waals surface area contributed by atoms with Gasteiger partial charge in [0.15, 0.2) is 6.61 Å². The van der Waals surface area contributed by atoms with Crippen LogP contribution in [-0.2, 0) is 9.53 Å². The van der Waals surface area contributed by atoms with Crippen LogP contribution in [0.5, 0.6) is 0 Å². The number of fused-ring (bicyclic) bond motifs is 1. The van der Waals surface area contributed by atoms with Gasteiger partial charge in [-0.2, -0.15) is 0 Å². The van der Waals surface area contributed by atoms with Crippen LogP contribution < -0.4 is 5.32 Å². The molecule has 2 aromatic heterocycles. The van der Waals surface area contributed by atoms with Crippen molar-refractivity contribution in [2.75, 3.05) is 11.9 Å². The molecule has 0 unspecified atom stereocenters. The molecule has 0 saturated carbocycles. The number of carbonyl (C=O) groups excluding carboxylic acids is 2. The molecule has 0 saturated heterocycles. The number of benzene rings is 2. The number of rotatable bonds is 5. The fourth-order valence-corrected chi connectivity index (χ4v) is 3.31. The van der Waals surface area contributed by atoms with Gasteiger partial charge in [0.05, 0.1) is 16.8 Å². The third-order valence-electron chi connectivity index (χ3n) is 4.37. The highest BCUT2D eigenvalue weighted by Crippen LogP contribution is 2.25. The summed E-state index contributed by atoms with van der Waals surface area (Å²) in [6.45, 7) is -0.383. The number of pyridine rings is 2. The first-order valence-corrected chi connectivity index (χ1v) is 10.2. The quantitative estimate of drug-likeness (QED) is 0.312. The van der Waals surface area contributed by atoms with Crippen LogP contribution >= 0.6 is 22.6 Å². The average molecular weight is 509 g/mol. The molecule has 2 aromatic carbocycles. The highest BCUT2D eigenvalue weighted by Gasteiger charge is 2.16. The predicted molar refractivity (Wildman–Crippen MR) is 123 cm³/mol. The number of aromatic nitrogens is 2. The van der Waals surface area contributed by atoms with E-state index in [0.717, 1.165) is 9.13 Å². The van der Waals surface area contributed by atoms with Gasteiger partial charge in [0, 0.05) is 32.6 Å². The molecule has 148 valence electrons. The highest BCUT2D eigenvalue weighted by atomic mass is 127. The van der Waals surface area contributed by atoms with Gasteiger partial charge in [-0.3, -0.25) is 9.78 Å². The number of halogens is 1. The smallest absolute Gasteiger partial charge is 0.339 e. The lowest BCUT2D eigenvalue weighted by molar-refractivity contribution is -0.119. The van der Waals surface area contributed by atoms with E-state index in [-0.39, 0.29) is 6.61 Å². The molecule has 2 heterocycles. The van der Waals surface area contributed by atoms with E-state index >= 15 is 0 Å². The van der Waals surface area contributed by atoms with Crippen molar-refractivity contribution in [2.45, 2.75) is 0 Å². The predicted octanol–water partition coefficient (Wildman–Crippen LogP) is 4.70. The topological polar surface area (TPSA) is 81.2 Å². The summed E-state index contributed by atoms with van der Waals surface area (Å²) in [7, 11) is 0. The lowest BCUT2D eigenvalue weighted by Crippen LogP contribution is -2.21. The number of hydrogen-bond acceptors (Lipinski definition) is 5. The number of hydrogen-bond donors (Lipinski definition) is 1. The van der Waals surface area contributed by atoms with E-state index in [2.05, 4.69) is 37.9 Å². The Morgan fingerprint density at radius 1 is 0.967 bits per heavy atom. The standard InChI is InChI=1S/C23H16IN3O3/c24-16-5-7-17(8-6-16)26-22(28)14-30-23(29)19-13-21(15-9-11-25-12-10-15)27-20-4-2-1-3-18(19)20/h1-13H,14H2,(H,26,28). The van der Waals surface area contributed by atoms with Gasteiger partial charge in [0.25, 0.3) is 5.91 Å². The minimum Gasteiger partial charge on any atom is -0.452 e. The lowest BCUT2D eigenvalue weighted by Gasteiger charge is -2.10. The SMILES string of the molecule is O=C(COC(=O)c1cc(-c2ccncc2)nc2ccccc12)Nc1ccc(I)cc1. The molecule has 1 N–H and O–H groups in total. The van der Waals surface area contributed by atoms with Gasteiger partial charge in [-0.05, 0) is 71.1 Å². The Bertz CT molecular complexity index is 1210. The van der Waals surface area contributed by atoms with Gasteiger partial charge in [0.2, 0.25) is 0 Å². The molecule has 0 spiro atoms. The van der Waals surface area contributed by atoms with Crippen molar-refractivity contribution in [1.29, 1.82) is 0 Å². The molecule has 0 radical (unpaired) electrons. The fraction of sp³-hybridized carbons (Fsp3) is 0.0435. The van der Waals surface area contributed by atoms with Gasteiger partial charge in [-0.25, -0.2) is 9.78 Å². The summed E-state index contributed by atoms with van der Waals surface area (Å²) < 4.78 is 6.35. The van der Waals surface area contributed by atoms with E-state index in [9.17, 15) is 9.59 Å². The Morgan fingerprint density at radius 2 is 1.70 bits per heavy atom. The summed E-state index contributed by atoms with van der Waals surface area (Å²) in [5, 5.41) is 3.38. The first kappa shape index (κ1) is 20.0. The molecule has 0 atom stereocenters. The second-order valence-electron chi connectivity index (χ2n) is 6.44. The zero-order valence-corrected chi connectivity index (χ0v) is 17.9. The number of anilines is 1. The van der Waals surface area contributed by atoms with Gasteiger partial charge < -0.3 is 10.1 Å². The van der Waals surface area contributed by atoms with Crippen molar-refractivity contribution < 1.29 is 14.3 Å². The van der Waals surface area contributed by atoms with Crippen LogP contribution in [0, 0.1) is 3.57 Å². The summed E-state index contributed by atoms with van der Waals surface area (Å²) >= 11 is 2.18. The maximum atomic E-state index is 12.8. The van der Waals surface area contributed by atoms with Gasteiger partial charge >= 0.3 is 5.97 Å². The fourth-order valence-electron chi connectivity index (χ4n) is 2.95. The minimum absolute atomic E-state index is 0.356. The van der Waals surface area contributed by atoms with Crippen molar-refractivity contribution in [3.05, 3.63) is 88.3 Å².